The Bertz CT molecular complexity index is 1140. The van der Waals surface area contributed by atoms with E-state index in [1.807, 2.05) is 42.7 Å². The van der Waals surface area contributed by atoms with Crippen molar-refractivity contribution in [1.82, 2.24) is 14.4 Å². The van der Waals surface area contributed by atoms with Crippen LogP contribution in [0, 0.1) is 5.92 Å². The van der Waals surface area contributed by atoms with Gasteiger partial charge in [-0.3, -0.25) is 9.20 Å². The molecule has 3 N–H and O–H groups in total. The van der Waals surface area contributed by atoms with Gasteiger partial charge in [-0.2, -0.15) is 0 Å². The number of H-pyrrole nitrogens is 1. The van der Waals surface area contributed by atoms with E-state index in [2.05, 4.69) is 16.0 Å². The number of hydrogen-bond donors (Lipinski definition) is 2. The van der Waals surface area contributed by atoms with E-state index in [1.165, 1.54) is 0 Å². The van der Waals surface area contributed by atoms with E-state index in [0.717, 1.165) is 22.0 Å². The summed E-state index contributed by atoms with van der Waals surface area (Å²) in [5.41, 5.74) is 9.83. The number of nitrogens with one attached hydrogen (secondary N) is 1. The van der Waals surface area contributed by atoms with E-state index in [-0.39, 0.29) is 23.7 Å². The number of anilines is 1. The minimum absolute atomic E-state index is 0.155. The lowest BCUT2D eigenvalue weighted by atomic mass is 10.1. The molecule has 124 valence electrons. The Morgan fingerprint density at radius 3 is 2.84 bits per heavy atom. The number of benzene rings is 1. The van der Waals surface area contributed by atoms with Crippen molar-refractivity contribution in [3.8, 4) is 11.1 Å². The molecule has 1 aliphatic rings. The number of carbonyl (C=O) groups excluding carboxylic acids is 1. The van der Waals surface area contributed by atoms with Crippen LogP contribution in [0.4, 0.5) is 10.2 Å². The SMILES string of the molecule is Nc1nc2ccc(-c3ccc4[nH]ccc4c3)cn2c1C(=O)[C@@H]1C[C@@H]1F. The molecule has 2 atom stereocenters. The molecule has 1 aromatic carbocycles. The number of nitrogens with two attached hydrogens (primary N) is 1. The zero-order chi connectivity index (χ0) is 17.1. The van der Waals surface area contributed by atoms with E-state index in [9.17, 15) is 9.18 Å². The zero-order valence-corrected chi connectivity index (χ0v) is 13.2. The Morgan fingerprint density at radius 1 is 1.24 bits per heavy atom. The molecule has 5 nitrogen and oxygen atoms in total. The molecule has 25 heavy (non-hydrogen) atoms. The Balaban J connectivity index is 1.66. The van der Waals surface area contributed by atoms with E-state index in [0.29, 0.717) is 5.65 Å². The fraction of sp³-hybridized carbons (Fsp3) is 0.158. The Kier molecular flexibility index (Phi) is 2.80. The number of rotatable bonds is 3. The van der Waals surface area contributed by atoms with E-state index in [1.54, 1.807) is 4.40 Å². The highest BCUT2D eigenvalue weighted by atomic mass is 19.1. The first-order valence-corrected chi connectivity index (χ1v) is 8.15. The monoisotopic (exact) mass is 334 g/mol. The fourth-order valence-corrected chi connectivity index (χ4v) is 3.32. The van der Waals surface area contributed by atoms with Gasteiger partial charge in [0.15, 0.2) is 11.6 Å². The van der Waals surface area contributed by atoms with Crippen molar-refractivity contribution >= 4 is 28.2 Å². The number of aromatic nitrogens is 3. The average molecular weight is 334 g/mol. The molecule has 3 heterocycles. The summed E-state index contributed by atoms with van der Waals surface area (Å²) >= 11 is 0. The molecule has 0 spiro atoms. The van der Waals surface area contributed by atoms with Gasteiger partial charge in [0, 0.05) is 17.9 Å². The lowest BCUT2D eigenvalue weighted by Crippen LogP contribution is -2.10. The van der Waals surface area contributed by atoms with Gasteiger partial charge in [-0.25, -0.2) is 9.37 Å². The molecule has 0 unspecified atom stereocenters. The summed E-state index contributed by atoms with van der Waals surface area (Å²) in [6.45, 7) is 0. The first-order valence-electron chi connectivity index (χ1n) is 8.15. The molecule has 4 aromatic rings. The van der Waals surface area contributed by atoms with Crippen LogP contribution < -0.4 is 5.73 Å². The van der Waals surface area contributed by atoms with Gasteiger partial charge in [-0.05, 0) is 53.3 Å². The predicted molar refractivity (Wildman–Crippen MR) is 94.2 cm³/mol. The van der Waals surface area contributed by atoms with Gasteiger partial charge in [0.05, 0.1) is 5.92 Å². The number of Topliss-reactive ketones (excluding diaryl/α,β-unsaturated/α-hetero) is 1. The molecular formula is C19H15FN4O. The molecule has 0 bridgehead atoms. The Morgan fingerprint density at radius 2 is 2.04 bits per heavy atom. The average Bonchev–Trinajstić information content (AvgIpc) is 3.04. The third-order valence-corrected chi connectivity index (χ3v) is 4.81. The minimum atomic E-state index is -1.06. The van der Waals surface area contributed by atoms with Crippen LogP contribution >= 0.6 is 0 Å². The van der Waals surface area contributed by atoms with Crippen LogP contribution in [0.3, 0.4) is 0 Å². The van der Waals surface area contributed by atoms with Crippen molar-refractivity contribution in [1.29, 1.82) is 0 Å². The Hall–Kier alpha value is -3.15. The highest BCUT2D eigenvalue weighted by Gasteiger charge is 2.45. The molecule has 1 fully saturated rings. The van der Waals surface area contributed by atoms with Gasteiger partial charge in [0.2, 0.25) is 0 Å². The van der Waals surface area contributed by atoms with E-state index < -0.39 is 12.1 Å². The zero-order valence-electron chi connectivity index (χ0n) is 13.2. The number of nitrogens with zero attached hydrogens (tertiary/aromatic N) is 2. The number of carbonyl (C=O) groups is 1. The van der Waals surface area contributed by atoms with Gasteiger partial charge in [-0.15, -0.1) is 0 Å². The summed E-state index contributed by atoms with van der Waals surface area (Å²) in [4.78, 5) is 19.9. The van der Waals surface area contributed by atoms with Crippen molar-refractivity contribution < 1.29 is 9.18 Å². The summed E-state index contributed by atoms with van der Waals surface area (Å²) < 4.78 is 15.0. The second-order valence-electron chi connectivity index (χ2n) is 6.49. The van der Waals surface area contributed by atoms with Crippen LogP contribution in [0.5, 0.6) is 0 Å². The van der Waals surface area contributed by atoms with Crippen molar-refractivity contribution in [3.63, 3.8) is 0 Å². The van der Waals surface area contributed by atoms with Crippen LogP contribution in [0.1, 0.15) is 16.9 Å². The molecule has 1 saturated carbocycles. The highest BCUT2D eigenvalue weighted by molar-refractivity contribution is 6.03. The van der Waals surface area contributed by atoms with Crippen molar-refractivity contribution in [2.75, 3.05) is 5.73 Å². The summed E-state index contributed by atoms with van der Waals surface area (Å²) in [6, 6.07) is 11.9. The largest absolute Gasteiger partial charge is 0.382 e. The highest BCUT2D eigenvalue weighted by Crippen LogP contribution is 2.38. The van der Waals surface area contributed by atoms with Crippen LogP contribution in [0.25, 0.3) is 27.7 Å². The van der Waals surface area contributed by atoms with Crippen molar-refractivity contribution in [2.45, 2.75) is 12.6 Å². The first-order chi connectivity index (χ1) is 12.1. The van der Waals surface area contributed by atoms with Crippen molar-refractivity contribution in [2.24, 2.45) is 5.92 Å². The van der Waals surface area contributed by atoms with Crippen molar-refractivity contribution in [3.05, 3.63) is 54.5 Å². The number of aromatic amines is 1. The van der Waals surface area contributed by atoms with Crippen LogP contribution in [0.2, 0.25) is 0 Å². The third-order valence-electron chi connectivity index (χ3n) is 4.81. The smallest absolute Gasteiger partial charge is 0.189 e. The predicted octanol–water partition coefficient (Wildman–Crippen LogP) is 3.61. The van der Waals surface area contributed by atoms with Gasteiger partial charge in [0.1, 0.15) is 17.5 Å². The number of halogens is 1. The summed E-state index contributed by atoms with van der Waals surface area (Å²) in [5, 5.41) is 1.11. The third kappa shape index (κ3) is 2.14. The number of pyridine rings is 1. The number of nitrogen functional groups attached to an aromatic ring is 1. The fourth-order valence-electron chi connectivity index (χ4n) is 3.32. The van der Waals surface area contributed by atoms with E-state index in [4.69, 9.17) is 5.73 Å². The van der Waals surface area contributed by atoms with Crippen LogP contribution in [-0.2, 0) is 0 Å². The molecule has 1 aliphatic carbocycles. The topological polar surface area (TPSA) is 76.2 Å². The molecule has 0 saturated heterocycles. The quantitative estimate of drug-likeness (QED) is 0.562. The lowest BCUT2D eigenvalue weighted by molar-refractivity contribution is 0.0952. The summed E-state index contributed by atoms with van der Waals surface area (Å²) in [7, 11) is 0. The second-order valence-corrected chi connectivity index (χ2v) is 6.49. The second kappa shape index (κ2) is 4.92. The van der Waals surface area contributed by atoms with Gasteiger partial charge in [-0.1, -0.05) is 6.07 Å². The number of imidazole rings is 1. The van der Waals surface area contributed by atoms with Gasteiger partial charge in [0.25, 0.3) is 0 Å². The minimum Gasteiger partial charge on any atom is -0.382 e. The maximum Gasteiger partial charge on any atom is 0.189 e. The number of ketones is 1. The van der Waals surface area contributed by atoms with E-state index >= 15 is 0 Å². The molecule has 5 rings (SSSR count). The van der Waals surface area contributed by atoms with Gasteiger partial charge < -0.3 is 10.7 Å². The molecular weight excluding hydrogens is 319 g/mol. The van der Waals surface area contributed by atoms with Gasteiger partial charge >= 0.3 is 0 Å². The molecule has 0 amide bonds. The van der Waals surface area contributed by atoms with Crippen LogP contribution in [-0.4, -0.2) is 26.3 Å². The molecule has 0 aliphatic heterocycles. The molecule has 0 radical (unpaired) electrons. The molecule has 6 heteroatoms. The maximum atomic E-state index is 13.3. The number of alkyl halides is 1. The maximum absolute atomic E-state index is 13.3. The standard InChI is InChI=1S/C19H15FN4O/c20-14-8-13(14)18(25)17-19(21)23-16-4-2-12(9-24(16)17)10-1-3-15-11(7-10)5-6-22-15/h1-7,9,13-14,22H,8,21H2/t13-,14+/m1/s1. The van der Waals surface area contributed by atoms with Crippen LogP contribution in [0.15, 0.2) is 48.8 Å². The first kappa shape index (κ1) is 14.2. The summed E-state index contributed by atoms with van der Waals surface area (Å²) in [5.74, 6) is -0.694. The Labute approximate surface area is 142 Å². The lowest BCUT2D eigenvalue weighted by Gasteiger charge is -2.06. The summed E-state index contributed by atoms with van der Waals surface area (Å²) in [6.07, 6.45) is 2.95. The normalized spacial score (nSPS) is 19.6. The molecule has 3 aromatic heterocycles. The number of fused-ring (bicyclic) bond motifs is 2. The number of hydrogen-bond acceptors (Lipinski definition) is 3.